The molecule has 0 unspecified atom stereocenters. The van der Waals surface area contributed by atoms with Crippen molar-refractivity contribution >= 4 is 5.96 Å². The van der Waals surface area contributed by atoms with Gasteiger partial charge in [0.1, 0.15) is 0 Å². The van der Waals surface area contributed by atoms with Crippen molar-refractivity contribution in [1.82, 2.24) is 20.9 Å². The fraction of sp³-hybridized carbons (Fsp3) is 0.625. The van der Waals surface area contributed by atoms with Crippen LogP contribution in [-0.4, -0.2) is 28.7 Å². The molecule has 0 spiro atoms. The van der Waals surface area contributed by atoms with Gasteiger partial charge in [0.25, 0.3) is 0 Å². The van der Waals surface area contributed by atoms with E-state index in [4.69, 9.17) is 5.84 Å². The largest absolute Gasteiger partial charge is 0.353 e. The van der Waals surface area contributed by atoms with Gasteiger partial charge in [0.15, 0.2) is 5.82 Å². The van der Waals surface area contributed by atoms with Gasteiger partial charge >= 0.3 is 0 Å². The normalized spacial score (nSPS) is 16.5. The van der Waals surface area contributed by atoms with Crippen molar-refractivity contribution in [3.8, 4) is 0 Å². The second-order valence-corrected chi connectivity index (χ2v) is 3.39. The van der Waals surface area contributed by atoms with E-state index in [-0.39, 0.29) is 0 Å². The molecular weight excluding hydrogens is 196 g/mol. The smallest absolute Gasteiger partial charge is 0.213 e. The quantitative estimate of drug-likeness (QED) is 0.260. The minimum Gasteiger partial charge on any atom is -0.353 e. The Morgan fingerprint density at radius 3 is 3.13 bits per heavy atom. The van der Waals surface area contributed by atoms with Crippen LogP contribution in [0.4, 0.5) is 0 Å². The average molecular weight is 210 g/mol. The molecule has 1 fully saturated rings. The van der Waals surface area contributed by atoms with Crippen molar-refractivity contribution in [1.29, 1.82) is 0 Å². The first-order valence-corrected chi connectivity index (χ1v) is 4.91. The molecule has 0 bridgehead atoms. The molecule has 0 atom stereocenters. The van der Waals surface area contributed by atoms with Crippen LogP contribution >= 0.6 is 0 Å². The van der Waals surface area contributed by atoms with Crippen LogP contribution in [0.5, 0.6) is 0 Å². The number of hydrogen-bond donors (Lipinski definition) is 3. The zero-order chi connectivity index (χ0) is 10.5. The van der Waals surface area contributed by atoms with Gasteiger partial charge in [-0.25, -0.2) is 5.84 Å². The molecule has 82 valence electrons. The van der Waals surface area contributed by atoms with Crippen LogP contribution in [0, 0.1) is 0 Å². The summed E-state index contributed by atoms with van der Waals surface area (Å²) in [5.74, 6) is 6.60. The number of aromatic nitrogens is 2. The molecule has 1 aliphatic rings. The molecule has 2 rings (SSSR count). The third-order valence-corrected chi connectivity index (χ3v) is 2.07. The highest BCUT2D eigenvalue weighted by molar-refractivity contribution is 5.79. The number of hydrazine groups is 1. The number of nitrogens with one attached hydrogen (secondary N) is 2. The predicted octanol–water partition coefficient (Wildman–Crippen LogP) is -0.817. The second kappa shape index (κ2) is 4.74. The minimum atomic E-state index is 0.532. The van der Waals surface area contributed by atoms with Gasteiger partial charge in [-0.2, -0.15) is 4.98 Å². The summed E-state index contributed by atoms with van der Waals surface area (Å²) in [6.07, 6.45) is 4.33. The zero-order valence-corrected chi connectivity index (χ0v) is 8.31. The Morgan fingerprint density at radius 2 is 2.53 bits per heavy atom. The van der Waals surface area contributed by atoms with Gasteiger partial charge in [-0.05, 0) is 12.8 Å². The van der Waals surface area contributed by atoms with Crippen LogP contribution < -0.4 is 16.6 Å². The first-order chi connectivity index (χ1) is 7.38. The van der Waals surface area contributed by atoms with E-state index in [9.17, 15) is 0 Å². The lowest BCUT2D eigenvalue weighted by molar-refractivity contribution is 0.410. The summed E-state index contributed by atoms with van der Waals surface area (Å²) in [5.41, 5.74) is 2.53. The maximum Gasteiger partial charge on any atom is 0.213 e. The molecule has 0 aliphatic heterocycles. The highest BCUT2D eigenvalue weighted by Gasteiger charge is 2.21. The van der Waals surface area contributed by atoms with E-state index in [2.05, 4.69) is 30.4 Å². The van der Waals surface area contributed by atoms with Crippen molar-refractivity contribution in [2.45, 2.75) is 25.3 Å². The maximum atomic E-state index is 5.32. The third kappa shape index (κ3) is 3.21. The summed E-state index contributed by atoms with van der Waals surface area (Å²) >= 11 is 0. The monoisotopic (exact) mass is 210 g/mol. The van der Waals surface area contributed by atoms with Crippen LogP contribution in [0.2, 0.25) is 0 Å². The SMILES string of the molecule is NNC(=NCCc1ncon1)NC1CC1. The summed E-state index contributed by atoms with van der Waals surface area (Å²) in [6.45, 7) is 0.582. The fourth-order valence-electron chi connectivity index (χ4n) is 1.12. The fourth-order valence-corrected chi connectivity index (χ4v) is 1.12. The van der Waals surface area contributed by atoms with Crippen molar-refractivity contribution in [3.63, 3.8) is 0 Å². The summed E-state index contributed by atoms with van der Waals surface area (Å²) < 4.78 is 4.61. The van der Waals surface area contributed by atoms with E-state index < -0.39 is 0 Å². The molecule has 0 amide bonds. The molecule has 0 radical (unpaired) electrons. The average Bonchev–Trinajstić information content (AvgIpc) is 2.91. The lowest BCUT2D eigenvalue weighted by atomic mass is 10.4. The zero-order valence-electron chi connectivity index (χ0n) is 8.31. The number of nitrogens with zero attached hydrogens (tertiary/aromatic N) is 3. The first kappa shape index (κ1) is 9.91. The third-order valence-electron chi connectivity index (χ3n) is 2.07. The van der Waals surface area contributed by atoms with Gasteiger partial charge in [0.05, 0.1) is 6.54 Å². The molecule has 1 aromatic heterocycles. The molecule has 1 aromatic rings. The van der Waals surface area contributed by atoms with Crippen LogP contribution in [0.1, 0.15) is 18.7 Å². The summed E-state index contributed by atoms with van der Waals surface area (Å²) in [7, 11) is 0. The second-order valence-electron chi connectivity index (χ2n) is 3.39. The molecule has 7 nitrogen and oxygen atoms in total. The van der Waals surface area contributed by atoms with E-state index >= 15 is 0 Å². The van der Waals surface area contributed by atoms with Gasteiger partial charge in [0, 0.05) is 12.5 Å². The van der Waals surface area contributed by atoms with E-state index in [1.54, 1.807) is 0 Å². The van der Waals surface area contributed by atoms with E-state index in [0.29, 0.717) is 30.8 Å². The van der Waals surface area contributed by atoms with E-state index in [0.717, 1.165) is 0 Å². The van der Waals surface area contributed by atoms with Gasteiger partial charge in [-0.1, -0.05) is 5.16 Å². The highest BCUT2D eigenvalue weighted by atomic mass is 16.5. The maximum absolute atomic E-state index is 5.32. The number of aliphatic imine (C=N–C) groups is 1. The van der Waals surface area contributed by atoms with Gasteiger partial charge in [0.2, 0.25) is 12.4 Å². The van der Waals surface area contributed by atoms with Gasteiger partial charge in [-0.15, -0.1) is 0 Å². The van der Waals surface area contributed by atoms with Gasteiger partial charge < -0.3 is 9.84 Å². The minimum absolute atomic E-state index is 0.532. The number of guanidine groups is 1. The summed E-state index contributed by atoms with van der Waals surface area (Å²) in [4.78, 5) is 8.14. The van der Waals surface area contributed by atoms with Crippen LogP contribution in [0.15, 0.2) is 15.9 Å². The van der Waals surface area contributed by atoms with E-state index in [1.807, 2.05) is 0 Å². The molecular formula is C8H14N6O. The van der Waals surface area contributed by atoms with Crippen LogP contribution in [0.25, 0.3) is 0 Å². The Balaban J connectivity index is 1.75. The Kier molecular flexibility index (Phi) is 3.13. The van der Waals surface area contributed by atoms with Crippen LogP contribution in [-0.2, 0) is 6.42 Å². The molecule has 15 heavy (non-hydrogen) atoms. The van der Waals surface area contributed by atoms with Crippen molar-refractivity contribution in [2.75, 3.05) is 6.54 Å². The first-order valence-electron chi connectivity index (χ1n) is 4.91. The topological polar surface area (TPSA) is 101 Å². The predicted molar refractivity (Wildman–Crippen MR) is 53.8 cm³/mol. The Morgan fingerprint density at radius 1 is 1.67 bits per heavy atom. The van der Waals surface area contributed by atoms with Crippen molar-refractivity contribution in [3.05, 3.63) is 12.2 Å². The number of nitrogens with two attached hydrogens (primary N) is 1. The Hall–Kier alpha value is -1.63. The van der Waals surface area contributed by atoms with Gasteiger partial charge in [-0.3, -0.25) is 10.4 Å². The Labute approximate surface area is 87.1 Å². The molecule has 1 saturated carbocycles. The molecule has 7 heteroatoms. The van der Waals surface area contributed by atoms with Crippen molar-refractivity contribution in [2.24, 2.45) is 10.8 Å². The standard InChI is InChI=1S/C8H14N6O/c9-13-8(12-6-1-2-6)10-4-3-7-11-5-15-14-7/h5-6H,1-4,9H2,(H2,10,12,13). The lowest BCUT2D eigenvalue weighted by Gasteiger charge is -2.06. The number of rotatable bonds is 4. The van der Waals surface area contributed by atoms with Crippen molar-refractivity contribution < 1.29 is 4.52 Å². The molecule has 1 aliphatic carbocycles. The molecule has 1 heterocycles. The molecule has 0 saturated heterocycles. The van der Waals surface area contributed by atoms with E-state index in [1.165, 1.54) is 19.2 Å². The lowest BCUT2D eigenvalue weighted by Crippen LogP contribution is -2.42. The summed E-state index contributed by atoms with van der Waals surface area (Å²) in [6, 6.07) is 0.532. The molecule has 0 aromatic carbocycles. The number of hydrogen-bond acceptors (Lipinski definition) is 5. The summed E-state index contributed by atoms with van der Waals surface area (Å²) in [5, 5.41) is 6.86. The highest BCUT2D eigenvalue weighted by Crippen LogP contribution is 2.18. The Bertz CT molecular complexity index is 318. The molecule has 4 N–H and O–H groups in total. The van der Waals surface area contributed by atoms with Crippen LogP contribution in [0.3, 0.4) is 0 Å².